The van der Waals surface area contributed by atoms with Crippen molar-refractivity contribution in [3.05, 3.63) is 53.7 Å². The molecule has 6 heteroatoms. The van der Waals surface area contributed by atoms with Crippen molar-refractivity contribution in [2.24, 2.45) is 5.92 Å². The molecular formula is C23H28N4O2. The molecule has 2 aromatic rings. The van der Waals surface area contributed by atoms with Crippen molar-refractivity contribution in [2.45, 2.75) is 12.8 Å². The predicted molar refractivity (Wildman–Crippen MR) is 114 cm³/mol. The van der Waals surface area contributed by atoms with Crippen LogP contribution in [0.25, 0.3) is 0 Å². The van der Waals surface area contributed by atoms with Gasteiger partial charge in [-0.2, -0.15) is 0 Å². The Labute approximate surface area is 172 Å². The number of fused-ring (bicyclic) bond motifs is 1. The molecule has 3 aliphatic rings. The van der Waals surface area contributed by atoms with Crippen molar-refractivity contribution >= 4 is 17.4 Å². The Bertz CT molecular complexity index is 873. The topological polar surface area (TPSA) is 48.9 Å². The summed E-state index contributed by atoms with van der Waals surface area (Å²) in [5.74, 6) is 1.55. The van der Waals surface area contributed by atoms with Crippen LogP contribution < -0.4 is 9.80 Å². The maximum Gasteiger partial charge on any atom is 0.262 e. The van der Waals surface area contributed by atoms with Crippen LogP contribution in [0.1, 0.15) is 22.3 Å². The number of hydrogen-bond acceptors (Lipinski definition) is 5. The van der Waals surface area contributed by atoms with Gasteiger partial charge in [-0.25, -0.2) is 4.98 Å². The number of benzene rings is 1. The summed E-state index contributed by atoms with van der Waals surface area (Å²) in [6.45, 7) is 7.49. The molecule has 4 heterocycles. The van der Waals surface area contributed by atoms with Gasteiger partial charge in [0, 0.05) is 57.8 Å². The molecule has 0 radical (unpaired) electrons. The van der Waals surface area contributed by atoms with Crippen molar-refractivity contribution in [1.82, 2.24) is 9.88 Å². The monoisotopic (exact) mass is 392 g/mol. The average molecular weight is 393 g/mol. The number of para-hydroxylation sites is 1. The molecule has 29 heavy (non-hydrogen) atoms. The van der Waals surface area contributed by atoms with E-state index in [9.17, 15) is 4.79 Å². The number of ether oxygens (including phenoxy) is 1. The summed E-state index contributed by atoms with van der Waals surface area (Å²) in [6.07, 6.45) is 3.89. The molecule has 0 saturated carbocycles. The number of rotatable bonds is 4. The van der Waals surface area contributed by atoms with Gasteiger partial charge in [0.1, 0.15) is 5.82 Å². The lowest BCUT2D eigenvalue weighted by molar-refractivity contribution is 0.0989. The zero-order chi connectivity index (χ0) is 19.6. The molecule has 152 valence electrons. The summed E-state index contributed by atoms with van der Waals surface area (Å²) in [4.78, 5) is 24.7. The van der Waals surface area contributed by atoms with Gasteiger partial charge < -0.3 is 14.5 Å². The largest absolute Gasteiger partial charge is 0.381 e. The summed E-state index contributed by atoms with van der Waals surface area (Å²) in [7, 11) is 0. The van der Waals surface area contributed by atoms with E-state index in [-0.39, 0.29) is 5.91 Å². The minimum Gasteiger partial charge on any atom is -0.381 e. The highest BCUT2D eigenvalue weighted by molar-refractivity contribution is 6.10. The first-order valence-corrected chi connectivity index (χ1v) is 10.7. The molecule has 2 fully saturated rings. The SMILES string of the molecule is O=C(c1cccnc1N1CCN(CC2CCOC2)CC1)N1CCc2ccccc21. The number of carbonyl (C=O) groups excluding carboxylic acids is 1. The summed E-state index contributed by atoms with van der Waals surface area (Å²) in [5, 5.41) is 0. The second-order valence-corrected chi connectivity index (χ2v) is 8.23. The Morgan fingerprint density at radius 2 is 1.93 bits per heavy atom. The molecule has 0 N–H and O–H groups in total. The van der Waals surface area contributed by atoms with E-state index >= 15 is 0 Å². The van der Waals surface area contributed by atoms with Crippen molar-refractivity contribution in [3.63, 3.8) is 0 Å². The van der Waals surface area contributed by atoms with Crippen LogP contribution in [-0.4, -0.2) is 68.3 Å². The molecule has 0 spiro atoms. The van der Waals surface area contributed by atoms with E-state index in [4.69, 9.17) is 4.74 Å². The minimum atomic E-state index is 0.0589. The fraction of sp³-hybridized carbons (Fsp3) is 0.478. The Hall–Kier alpha value is -2.44. The van der Waals surface area contributed by atoms with Gasteiger partial charge in [-0.3, -0.25) is 9.69 Å². The molecule has 1 aromatic carbocycles. The Morgan fingerprint density at radius 1 is 1.07 bits per heavy atom. The van der Waals surface area contributed by atoms with Gasteiger partial charge in [0.25, 0.3) is 5.91 Å². The van der Waals surface area contributed by atoms with Crippen LogP contribution in [0, 0.1) is 5.92 Å². The highest BCUT2D eigenvalue weighted by Crippen LogP contribution is 2.31. The van der Waals surface area contributed by atoms with Gasteiger partial charge in [-0.05, 0) is 42.5 Å². The third-order valence-corrected chi connectivity index (χ3v) is 6.36. The first-order chi connectivity index (χ1) is 14.3. The van der Waals surface area contributed by atoms with Gasteiger partial charge in [0.15, 0.2) is 0 Å². The Kier molecular flexibility index (Phi) is 5.21. The minimum absolute atomic E-state index is 0.0589. The molecular weight excluding hydrogens is 364 g/mol. The van der Waals surface area contributed by atoms with Crippen LogP contribution in [0.3, 0.4) is 0 Å². The molecule has 0 aliphatic carbocycles. The first kappa shape index (κ1) is 18.6. The zero-order valence-electron chi connectivity index (χ0n) is 16.8. The molecule has 6 nitrogen and oxygen atoms in total. The molecule has 3 aliphatic heterocycles. The first-order valence-electron chi connectivity index (χ1n) is 10.7. The lowest BCUT2D eigenvalue weighted by Crippen LogP contribution is -2.48. The smallest absolute Gasteiger partial charge is 0.262 e. The lowest BCUT2D eigenvalue weighted by atomic mass is 10.1. The molecule has 1 aromatic heterocycles. The Morgan fingerprint density at radius 3 is 2.76 bits per heavy atom. The number of carbonyl (C=O) groups is 1. The fourth-order valence-corrected chi connectivity index (χ4v) is 4.75. The number of aromatic nitrogens is 1. The Balaban J connectivity index is 1.30. The van der Waals surface area contributed by atoms with Crippen molar-refractivity contribution in [3.8, 4) is 0 Å². The van der Waals surface area contributed by atoms with Gasteiger partial charge in [0.2, 0.25) is 0 Å². The highest BCUT2D eigenvalue weighted by atomic mass is 16.5. The van der Waals surface area contributed by atoms with Gasteiger partial charge in [-0.15, -0.1) is 0 Å². The van der Waals surface area contributed by atoms with Gasteiger partial charge in [-0.1, -0.05) is 18.2 Å². The number of amides is 1. The fourth-order valence-electron chi connectivity index (χ4n) is 4.75. The number of piperazine rings is 1. The number of hydrogen-bond donors (Lipinski definition) is 0. The zero-order valence-corrected chi connectivity index (χ0v) is 16.8. The standard InChI is InChI=1S/C23H28N4O2/c28-23(27-10-7-19-4-1-2-6-21(19)27)20-5-3-9-24-22(20)26-13-11-25(12-14-26)16-18-8-15-29-17-18/h1-6,9,18H,7-8,10-17H2. The second kappa shape index (κ2) is 8.13. The molecule has 1 atom stereocenters. The molecule has 1 amide bonds. The van der Waals surface area contributed by atoms with E-state index in [0.29, 0.717) is 11.5 Å². The summed E-state index contributed by atoms with van der Waals surface area (Å²) < 4.78 is 5.52. The predicted octanol–water partition coefficient (Wildman–Crippen LogP) is 2.44. The van der Waals surface area contributed by atoms with Crippen LogP contribution in [0.4, 0.5) is 11.5 Å². The molecule has 0 bridgehead atoms. The number of anilines is 2. The third-order valence-electron chi connectivity index (χ3n) is 6.36. The third kappa shape index (κ3) is 3.74. The second-order valence-electron chi connectivity index (χ2n) is 8.23. The van der Waals surface area contributed by atoms with Gasteiger partial charge in [0.05, 0.1) is 12.2 Å². The number of pyridine rings is 1. The van der Waals surface area contributed by atoms with Crippen LogP contribution in [0.15, 0.2) is 42.6 Å². The molecule has 1 unspecified atom stereocenters. The van der Waals surface area contributed by atoms with E-state index in [2.05, 4.69) is 20.9 Å². The highest BCUT2D eigenvalue weighted by Gasteiger charge is 2.30. The van der Waals surface area contributed by atoms with Crippen LogP contribution in [0.2, 0.25) is 0 Å². The maximum atomic E-state index is 13.4. The normalized spacial score (nSPS) is 22.1. The molecule has 5 rings (SSSR count). The van der Waals surface area contributed by atoms with E-state index in [0.717, 1.165) is 70.4 Å². The van der Waals surface area contributed by atoms with Crippen LogP contribution in [0.5, 0.6) is 0 Å². The summed E-state index contributed by atoms with van der Waals surface area (Å²) >= 11 is 0. The molecule has 2 saturated heterocycles. The van der Waals surface area contributed by atoms with Crippen molar-refractivity contribution in [1.29, 1.82) is 0 Å². The van der Waals surface area contributed by atoms with E-state index in [1.807, 2.05) is 35.2 Å². The summed E-state index contributed by atoms with van der Waals surface area (Å²) in [5.41, 5.74) is 2.99. The average Bonchev–Trinajstić information content (AvgIpc) is 3.44. The van der Waals surface area contributed by atoms with E-state index < -0.39 is 0 Å². The number of nitrogens with zero attached hydrogens (tertiary/aromatic N) is 4. The quantitative estimate of drug-likeness (QED) is 0.800. The van der Waals surface area contributed by atoms with E-state index in [1.165, 1.54) is 12.0 Å². The van der Waals surface area contributed by atoms with Crippen molar-refractivity contribution in [2.75, 3.05) is 62.3 Å². The van der Waals surface area contributed by atoms with Crippen molar-refractivity contribution < 1.29 is 9.53 Å². The lowest BCUT2D eigenvalue weighted by Gasteiger charge is -2.37. The van der Waals surface area contributed by atoms with Crippen LogP contribution >= 0.6 is 0 Å². The van der Waals surface area contributed by atoms with Gasteiger partial charge >= 0.3 is 0 Å². The van der Waals surface area contributed by atoms with E-state index in [1.54, 1.807) is 6.20 Å². The van der Waals surface area contributed by atoms with Crippen LogP contribution in [-0.2, 0) is 11.2 Å². The summed E-state index contributed by atoms with van der Waals surface area (Å²) in [6, 6.07) is 12.0. The maximum absolute atomic E-state index is 13.4.